The highest BCUT2D eigenvalue weighted by Crippen LogP contribution is 2.12. The summed E-state index contributed by atoms with van der Waals surface area (Å²) in [5.41, 5.74) is 0.337. The summed E-state index contributed by atoms with van der Waals surface area (Å²) >= 11 is 0. The summed E-state index contributed by atoms with van der Waals surface area (Å²) in [7, 11) is 1.40. The van der Waals surface area contributed by atoms with Crippen molar-refractivity contribution >= 4 is 15.8 Å². The molecule has 1 rings (SSSR count). The van der Waals surface area contributed by atoms with Gasteiger partial charge in [0.25, 0.3) is 0 Å². The summed E-state index contributed by atoms with van der Waals surface area (Å²) in [5, 5.41) is 0. The monoisotopic (exact) mass is 268 g/mol. The van der Waals surface area contributed by atoms with Crippen LogP contribution in [0.1, 0.15) is 10.4 Å². The van der Waals surface area contributed by atoms with Gasteiger partial charge < -0.3 is 4.90 Å². The van der Waals surface area contributed by atoms with Crippen LogP contribution < -0.4 is 4.72 Å². The average Bonchev–Trinajstić information content (AvgIpc) is 2.36. The second-order valence-corrected chi connectivity index (χ2v) is 5.77. The highest BCUT2D eigenvalue weighted by atomic mass is 32.2. The van der Waals surface area contributed by atoms with Gasteiger partial charge in [0.15, 0.2) is 5.78 Å². The first-order valence-electron chi connectivity index (χ1n) is 5.29. The molecule has 0 bridgehead atoms. The SMILES string of the molecule is CNS(=O)(=O)c1cccc(C(=O)/C=C/N(C)C)c1. The first-order chi connectivity index (χ1) is 8.36. The Balaban J connectivity index is 3.07. The van der Waals surface area contributed by atoms with E-state index < -0.39 is 10.0 Å². The summed E-state index contributed by atoms with van der Waals surface area (Å²) < 4.78 is 25.4. The fraction of sp³-hybridized carbons (Fsp3) is 0.250. The van der Waals surface area contributed by atoms with Crippen LogP contribution in [0.5, 0.6) is 0 Å². The molecular weight excluding hydrogens is 252 g/mol. The molecule has 98 valence electrons. The number of nitrogens with one attached hydrogen (secondary N) is 1. The minimum absolute atomic E-state index is 0.0779. The first-order valence-corrected chi connectivity index (χ1v) is 6.77. The summed E-state index contributed by atoms with van der Waals surface area (Å²) in [6.45, 7) is 0. The Hall–Kier alpha value is -1.66. The lowest BCUT2D eigenvalue weighted by Crippen LogP contribution is -2.18. The molecule has 1 N–H and O–H groups in total. The van der Waals surface area contributed by atoms with Gasteiger partial charge in [-0.3, -0.25) is 4.79 Å². The van der Waals surface area contributed by atoms with Crippen LogP contribution in [0, 0.1) is 0 Å². The van der Waals surface area contributed by atoms with Gasteiger partial charge in [0.1, 0.15) is 0 Å². The summed E-state index contributed by atoms with van der Waals surface area (Å²) in [5.74, 6) is -0.239. The third kappa shape index (κ3) is 3.68. The lowest BCUT2D eigenvalue weighted by molar-refractivity contribution is 0.104. The predicted molar refractivity (Wildman–Crippen MR) is 69.8 cm³/mol. The Morgan fingerprint density at radius 3 is 2.56 bits per heavy atom. The van der Waals surface area contributed by atoms with E-state index in [4.69, 9.17) is 0 Å². The molecule has 0 aromatic heterocycles. The van der Waals surface area contributed by atoms with E-state index in [9.17, 15) is 13.2 Å². The second kappa shape index (κ2) is 5.79. The Kier molecular flexibility index (Phi) is 4.63. The quantitative estimate of drug-likeness (QED) is 0.635. The fourth-order valence-electron chi connectivity index (χ4n) is 1.25. The maximum Gasteiger partial charge on any atom is 0.240 e. The Labute approximate surface area is 107 Å². The summed E-state index contributed by atoms with van der Waals surface area (Å²) in [6.07, 6.45) is 3.01. The molecule has 0 heterocycles. The van der Waals surface area contributed by atoms with Crippen molar-refractivity contribution in [1.29, 1.82) is 0 Å². The summed E-state index contributed by atoms with van der Waals surface area (Å²) in [6, 6.07) is 5.92. The van der Waals surface area contributed by atoms with E-state index in [0.29, 0.717) is 5.56 Å². The van der Waals surface area contributed by atoms with Gasteiger partial charge in [-0.15, -0.1) is 0 Å². The number of carbonyl (C=O) groups is 1. The molecule has 0 fully saturated rings. The lowest BCUT2D eigenvalue weighted by Gasteiger charge is -2.05. The van der Waals surface area contributed by atoms with E-state index in [-0.39, 0.29) is 10.7 Å². The number of sulfonamides is 1. The Morgan fingerprint density at radius 1 is 1.33 bits per heavy atom. The molecule has 0 amide bonds. The topological polar surface area (TPSA) is 66.5 Å². The summed E-state index contributed by atoms with van der Waals surface area (Å²) in [4.78, 5) is 13.6. The van der Waals surface area contributed by atoms with Gasteiger partial charge in [0.05, 0.1) is 4.90 Å². The molecule has 0 aliphatic heterocycles. The molecule has 18 heavy (non-hydrogen) atoms. The third-order valence-electron chi connectivity index (χ3n) is 2.22. The third-order valence-corrected chi connectivity index (χ3v) is 3.63. The molecular formula is C12H16N2O3S. The zero-order valence-corrected chi connectivity index (χ0v) is 11.4. The van der Waals surface area contributed by atoms with Gasteiger partial charge >= 0.3 is 0 Å². The number of carbonyl (C=O) groups excluding carboxylic acids is 1. The predicted octanol–water partition coefficient (Wildman–Crippen LogP) is 0.853. The van der Waals surface area contributed by atoms with E-state index in [0.717, 1.165) is 0 Å². The Morgan fingerprint density at radius 2 is 2.00 bits per heavy atom. The van der Waals surface area contributed by atoms with Crippen LogP contribution in [-0.4, -0.2) is 40.2 Å². The van der Waals surface area contributed by atoms with E-state index in [1.165, 1.54) is 25.3 Å². The highest BCUT2D eigenvalue weighted by Gasteiger charge is 2.13. The van der Waals surface area contributed by atoms with E-state index >= 15 is 0 Å². The van der Waals surface area contributed by atoms with Gasteiger partial charge in [-0.1, -0.05) is 12.1 Å². The normalized spacial score (nSPS) is 11.7. The molecule has 0 atom stereocenters. The average molecular weight is 268 g/mol. The number of rotatable bonds is 5. The van der Waals surface area contributed by atoms with Crippen molar-refractivity contribution in [2.24, 2.45) is 0 Å². The molecule has 0 saturated heterocycles. The van der Waals surface area contributed by atoms with Crippen molar-refractivity contribution in [3.05, 3.63) is 42.1 Å². The van der Waals surface area contributed by atoms with Crippen LogP contribution in [-0.2, 0) is 10.0 Å². The number of nitrogens with zero attached hydrogens (tertiary/aromatic N) is 1. The fourth-order valence-corrected chi connectivity index (χ4v) is 2.02. The van der Waals surface area contributed by atoms with Crippen molar-refractivity contribution in [3.8, 4) is 0 Å². The van der Waals surface area contributed by atoms with Crippen LogP contribution >= 0.6 is 0 Å². The van der Waals surface area contributed by atoms with Gasteiger partial charge in [0, 0.05) is 31.9 Å². The van der Waals surface area contributed by atoms with E-state index in [1.807, 2.05) is 0 Å². The van der Waals surface area contributed by atoms with Gasteiger partial charge in [-0.2, -0.15) is 0 Å². The first kappa shape index (κ1) is 14.4. The van der Waals surface area contributed by atoms with Crippen molar-refractivity contribution in [1.82, 2.24) is 9.62 Å². The molecule has 0 unspecified atom stereocenters. The van der Waals surface area contributed by atoms with E-state index in [1.54, 1.807) is 37.3 Å². The van der Waals surface area contributed by atoms with Crippen LogP contribution in [0.2, 0.25) is 0 Å². The number of ketones is 1. The minimum atomic E-state index is -3.52. The van der Waals surface area contributed by atoms with Gasteiger partial charge in [-0.05, 0) is 19.2 Å². The van der Waals surface area contributed by atoms with Crippen molar-refractivity contribution in [2.75, 3.05) is 21.1 Å². The molecule has 0 radical (unpaired) electrons. The zero-order valence-electron chi connectivity index (χ0n) is 10.5. The highest BCUT2D eigenvalue weighted by molar-refractivity contribution is 7.89. The number of allylic oxidation sites excluding steroid dienone is 1. The molecule has 0 spiro atoms. The van der Waals surface area contributed by atoms with Crippen LogP contribution in [0.4, 0.5) is 0 Å². The standard InChI is InChI=1S/C12H16N2O3S/c1-13-18(16,17)11-6-4-5-10(9-11)12(15)7-8-14(2)3/h4-9,13H,1-3H3/b8-7+. The number of benzene rings is 1. The molecule has 5 nitrogen and oxygen atoms in total. The largest absolute Gasteiger partial charge is 0.383 e. The lowest BCUT2D eigenvalue weighted by atomic mass is 10.1. The Bertz CT molecular complexity index is 562. The van der Waals surface area contributed by atoms with Crippen molar-refractivity contribution in [2.45, 2.75) is 4.90 Å². The molecule has 0 aliphatic carbocycles. The van der Waals surface area contributed by atoms with Crippen LogP contribution in [0.25, 0.3) is 0 Å². The second-order valence-electron chi connectivity index (χ2n) is 3.88. The van der Waals surface area contributed by atoms with Crippen molar-refractivity contribution in [3.63, 3.8) is 0 Å². The molecule has 1 aromatic rings. The number of hydrogen-bond acceptors (Lipinski definition) is 4. The van der Waals surface area contributed by atoms with Gasteiger partial charge in [0.2, 0.25) is 10.0 Å². The minimum Gasteiger partial charge on any atom is -0.383 e. The van der Waals surface area contributed by atoms with Gasteiger partial charge in [-0.25, -0.2) is 13.1 Å². The maximum absolute atomic E-state index is 11.8. The van der Waals surface area contributed by atoms with E-state index in [2.05, 4.69) is 4.72 Å². The molecule has 1 aromatic carbocycles. The zero-order chi connectivity index (χ0) is 13.8. The number of hydrogen-bond donors (Lipinski definition) is 1. The molecule has 0 aliphatic rings. The van der Waals surface area contributed by atoms with Crippen molar-refractivity contribution < 1.29 is 13.2 Å². The maximum atomic E-state index is 11.8. The smallest absolute Gasteiger partial charge is 0.240 e. The van der Waals surface area contributed by atoms with Crippen LogP contribution in [0.3, 0.4) is 0 Å². The molecule has 6 heteroatoms. The van der Waals surface area contributed by atoms with Crippen LogP contribution in [0.15, 0.2) is 41.4 Å². The molecule has 0 saturated carbocycles.